The lowest BCUT2D eigenvalue weighted by molar-refractivity contribution is 1.39. The first kappa shape index (κ1) is 26.8. The average Bonchev–Trinajstić information content (AvgIpc) is 3.17. The molecule has 0 bridgehead atoms. The summed E-state index contributed by atoms with van der Waals surface area (Å²) in [4.78, 5) is 10.4. The minimum Gasteiger partial charge on any atom is -0.245 e. The van der Waals surface area contributed by atoms with E-state index in [1.54, 1.807) is 0 Å². The Morgan fingerprint density at radius 1 is 0.292 bits per heavy atom. The van der Waals surface area contributed by atoms with Gasteiger partial charge in [-0.15, -0.1) is 0 Å². The molecule has 0 spiro atoms. The average molecular weight is 609 g/mol. The molecule has 2 nitrogen and oxygen atoms in total. The summed E-state index contributed by atoms with van der Waals surface area (Å²) in [6, 6.07) is 60.9. The maximum Gasteiger partial charge on any atom is 0.0978 e. The first-order chi connectivity index (χ1) is 23.8. The van der Waals surface area contributed by atoms with Crippen LogP contribution >= 0.6 is 0 Å². The van der Waals surface area contributed by atoms with Gasteiger partial charge in [0.05, 0.1) is 22.2 Å². The van der Waals surface area contributed by atoms with Crippen LogP contribution < -0.4 is 0 Å². The van der Waals surface area contributed by atoms with E-state index in [0.29, 0.717) is 0 Å². The van der Waals surface area contributed by atoms with Gasteiger partial charge in [0.25, 0.3) is 0 Å². The summed E-state index contributed by atoms with van der Waals surface area (Å²) in [7, 11) is 0. The molecule has 0 saturated heterocycles. The van der Waals surface area contributed by atoms with Crippen LogP contribution in [0.5, 0.6) is 0 Å². The molecule has 0 N–H and O–H groups in total. The highest BCUT2D eigenvalue weighted by Gasteiger charge is 2.16. The maximum atomic E-state index is 5.20. The van der Waals surface area contributed by atoms with Crippen LogP contribution in [0.3, 0.4) is 0 Å². The van der Waals surface area contributed by atoms with Crippen LogP contribution in [0.15, 0.2) is 170 Å². The van der Waals surface area contributed by atoms with Crippen molar-refractivity contribution in [2.45, 2.75) is 0 Å². The highest BCUT2D eigenvalue weighted by Crippen LogP contribution is 2.40. The number of rotatable bonds is 3. The predicted molar refractivity (Wildman–Crippen MR) is 203 cm³/mol. The van der Waals surface area contributed by atoms with E-state index in [4.69, 9.17) is 9.97 Å². The lowest BCUT2D eigenvalue weighted by Crippen LogP contribution is -1.93. The Hall–Kier alpha value is -6.38. The highest BCUT2D eigenvalue weighted by molar-refractivity contribution is 6.25. The SMILES string of the molecule is c1ccc(-c2ccc3ccc4c(-c5ccc(-c6ccc7c8ccccc8c8ccccc8c7c6)cc5)c5ccccc5nc4c3n2)cc1. The molecule has 0 aliphatic carbocycles. The fraction of sp³-hybridized carbons (Fsp3) is 0. The van der Waals surface area contributed by atoms with E-state index in [-0.39, 0.29) is 0 Å². The molecule has 2 aromatic heterocycles. The summed E-state index contributed by atoms with van der Waals surface area (Å²) in [5.74, 6) is 0. The number of fused-ring (bicyclic) bond motifs is 10. The molecule has 10 aromatic rings. The molecule has 2 heterocycles. The van der Waals surface area contributed by atoms with Gasteiger partial charge in [0.15, 0.2) is 0 Å². The van der Waals surface area contributed by atoms with Gasteiger partial charge in [0.2, 0.25) is 0 Å². The van der Waals surface area contributed by atoms with Crippen molar-refractivity contribution < 1.29 is 0 Å². The Morgan fingerprint density at radius 3 is 1.56 bits per heavy atom. The van der Waals surface area contributed by atoms with Gasteiger partial charge >= 0.3 is 0 Å². The fourth-order valence-electron chi connectivity index (χ4n) is 7.53. The molecule has 0 unspecified atom stereocenters. The van der Waals surface area contributed by atoms with Crippen molar-refractivity contribution >= 4 is 65.0 Å². The van der Waals surface area contributed by atoms with Gasteiger partial charge < -0.3 is 0 Å². The zero-order chi connectivity index (χ0) is 31.6. The zero-order valence-electron chi connectivity index (χ0n) is 26.1. The Balaban J connectivity index is 1.15. The van der Waals surface area contributed by atoms with E-state index in [1.165, 1.54) is 49.0 Å². The normalized spacial score (nSPS) is 11.8. The van der Waals surface area contributed by atoms with Crippen LogP contribution in [-0.4, -0.2) is 9.97 Å². The molecule has 48 heavy (non-hydrogen) atoms. The maximum absolute atomic E-state index is 5.20. The van der Waals surface area contributed by atoms with E-state index < -0.39 is 0 Å². The van der Waals surface area contributed by atoms with Crippen LogP contribution in [0.2, 0.25) is 0 Å². The summed E-state index contributed by atoms with van der Waals surface area (Å²) in [5.41, 5.74) is 9.63. The van der Waals surface area contributed by atoms with Crippen LogP contribution in [0, 0.1) is 0 Å². The molecular weight excluding hydrogens is 581 g/mol. The number of aromatic nitrogens is 2. The van der Waals surface area contributed by atoms with E-state index in [2.05, 4.69) is 164 Å². The van der Waals surface area contributed by atoms with Crippen molar-refractivity contribution in [3.63, 3.8) is 0 Å². The van der Waals surface area contributed by atoms with Gasteiger partial charge in [-0.2, -0.15) is 0 Å². The standard InChI is InChI=1S/C46H28N2/c1-2-10-30(11-3-1)42-27-24-32-22-26-40-44(39-16-8-9-17-43(39)48-46(40)45(32)47-42)31-20-18-29(19-21-31)33-23-25-38-36-14-5-4-12-34(36)35-13-6-7-15-37(35)41(38)28-33/h1-28H. The van der Waals surface area contributed by atoms with Crippen molar-refractivity contribution in [1.82, 2.24) is 9.97 Å². The molecule has 0 amide bonds. The number of hydrogen-bond donors (Lipinski definition) is 0. The third-order valence-electron chi connectivity index (χ3n) is 9.83. The molecule has 222 valence electrons. The Bertz CT molecular complexity index is 2840. The molecule has 8 aromatic carbocycles. The number of para-hydroxylation sites is 1. The smallest absolute Gasteiger partial charge is 0.0978 e. The molecule has 0 aliphatic heterocycles. The Kier molecular flexibility index (Phi) is 5.91. The van der Waals surface area contributed by atoms with Crippen LogP contribution in [0.1, 0.15) is 0 Å². The summed E-state index contributed by atoms with van der Waals surface area (Å²) < 4.78 is 0. The predicted octanol–water partition coefficient (Wildman–Crippen LogP) is 12.4. The lowest BCUT2D eigenvalue weighted by Gasteiger charge is -2.14. The quantitative estimate of drug-likeness (QED) is 0.147. The van der Waals surface area contributed by atoms with Gasteiger partial charge in [0.1, 0.15) is 0 Å². The first-order valence-corrected chi connectivity index (χ1v) is 16.4. The monoisotopic (exact) mass is 608 g/mol. The van der Waals surface area contributed by atoms with Crippen molar-refractivity contribution in [3.8, 4) is 33.5 Å². The van der Waals surface area contributed by atoms with E-state index in [9.17, 15) is 0 Å². The third kappa shape index (κ3) is 4.13. The number of pyridine rings is 2. The summed E-state index contributed by atoms with van der Waals surface area (Å²) in [6.45, 7) is 0. The molecular formula is C46H28N2. The van der Waals surface area contributed by atoms with Crippen molar-refractivity contribution in [3.05, 3.63) is 170 Å². The minimum absolute atomic E-state index is 0.924. The molecule has 0 aliphatic rings. The van der Waals surface area contributed by atoms with Crippen LogP contribution in [0.4, 0.5) is 0 Å². The summed E-state index contributed by atoms with van der Waals surface area (Å²) in [5, 5.41) is 11.1. The van der Waals surface area contributed by atoms with Crippen molar-refractivity contribution in [2.24, 2.45) is 0 Å². The summed E-state index contributed by atoms with van der Waals surface area (Å²) in [6.07, 6.45) is 0. The Labute approximate surface area is 277 Å². The topological polar surface area (TPSA) is 25.8 Å². The third-order valence-corrected chi connectivity index (χ3v) is 9.83. The molecule has 0 radical (unpaired) electrons. The van der Waals surface area contributed by atoms with E-state index in [0.717, 1.165) is 49.5 Å². The molecule has 2 heteroatoms. The second-order valence-electron chi connectivity index (χ2n) is 12.5. The second-order valence-corrected chi connectivity index (χ2v) is 12.5. The number of benzene rings is 8. The lowest BCUT2D eigenvalue weighted by atomic mass is 9.91. The van der Waals surface area contributed by atoms with Crippen molar-refractivity contribution in [1.29, 1.82) is 0 Å². The van der Waals surface area contributed by atoms with Gasteiger partial charge in [-0.25, -0.2) is 9.97 Å². The molecule has 10 rings (SSSR count). The summed E-state index contributed by atoms with van der Waals surface area (Å²) >= 11 is 0. The zero-order valence-corrected chi connectivity index (χ0v) is 26.1. The van der Waals surface area contributed by atoms with E-state index >= 15 is 0 Å². The molecule has 0 fully saturated rings. The first-order valence-electron chi connectivity index (χ1n) is 16.4. The largest absolute Gasteiger partial charge is 0.245 e. The van der Waals surface area contributed by atoms with Gasteiger partial charge in [-0.3, -0.25) is 0 Å². The second kappa shape index (κ2) is 10.6. The minimum atomic E-state index is 0.924. The number of hydrogen-bond acceptors (Lipinski definition) is 2. The highest BCUT2D eigenvalue weighted by atomic mass is 14.8. The van der Waals surface area contributed by atoms with Gasteiger partial charge in [0, 0.05) is 27.3 Å². The Morgan fingerprint density at radius 2 is 0.833 bits per heavy atom. The van der Waals surface area contributed by atoms with Gasteiger partial charge in [-0.1, -0.05) is 152 Å². The van der Waals surface area contributed by atoms with Gasteiger partial charge in [-0.05, 0) is 67.2 Å². The van der Waals surface area contributed by atoms with E-state index in [1.807, 2.05) is 6.07 Å². The molecule has 0 atom stereocenters. The van der Waals surface area contributed by atoms with Crippen LogP contribution in [0.25, 0.3) is 98.5 Å². The van der Waals surface area contributed by atoms with Crippen molar-refractivity contribution in [2.75, 3.05) is 0 Å². The van der Waals surface area contributed by atoms with Crippen LogP contribution in [-0.2, 0) is 0 Å². The molecule has 0 saturated carbocycles. The fourth-order valence-corrected chi connectivity index (χ4v) is 7.53. The number of nitrogens with zero attached hydrogens (tertiary/aromatic N) is 2.